The van der Waals surface area contributed by atoms with Gasteiger partial charge in [0.2, 0.25) is 0 Å². The topological polar surface area (TPSA) is 60.8 Å². The Morgan fingerprint density at radius 2 is 1.92 bits per heavy atom. The minimum absolute atomic E-state index is 0.0312. The maximum absolute atomic E-state index is 10.5. The fourth-order valence-electron chi connectivity index (χ4n) is 1.08. The van der Waals surface area contributed by atoms with E-state index in [1.807, 2.05) is 25.7 Å². The summed E-state index contributed by atoms with van der Waals surface area (Å²) in [6.45, 7) is 6.65. The van der Waals surface area contributed by atoms with E-state index in [4.69, 9.17) is 10.2 Å². The lowest BCUT2D eigenvalue weighted by molar-refractivity contribution is -0.139. The van der Waals surface area contributed by atoms with E-state index in [1.54, 1.807) is 0 Å². The van der Waals surface area contributed by atoms with Gasteiger partial charge in [0.05, 0.1) is 6.54 Å². The average Bonchev–Trinajstić information content (AvgIpc) is 1.95. The van der Waals surface area contributed by atoms with Gasteiger partial charge in [0, 0.05) is 18.7 Å². The van der Waals surface area contributed by atoms with Crippen molar-refractivity contribution in [2.75, 3.05) is 19.7 Å². The number of aliphatic hydroxyl groups is 1. The number of nitrogens with zero attached hydrogens (tertiary/aromatic N) is 1. The van der Waals surface area contributed by atoms with Crippen molar-refractivity contribution in [3.05, 3.63) is 0 Å². The largest absolute Gasteiger partial charge is 0.480 e. The Balaban J connectivity index is 4.11. The molecule has 0 rings (SSSR count). The van der Waals surface area contributed by atoms with Gasteiger partial charge in [-0.1, -0.05) is 0 Å². The second-order valence-electron chi connectivity index (χ2n) is 4.06. The zero-order valence-electron chi connectivity index (χ0n) is 8.58. The van der Waals surface area contributed by atoms with Crippen LogP contribution in [0, 0.1) is 0 Å². The predicted octanol–water partition coefficient (Wildman–Crippen LogP) is 0.554. The van der Waals surface area contributed by atoms with Crippen LogP contribution in [-0.4, -0.2) is 46.3 Å². The van der Waals surface area contributed by atoms with Crippen molar-refractivity contribution >= 4 is 5.97 Å². The smallest absolute Gasteiger partial charge is 0.317 e. The van der Waals surface area contributed by atoms with Crippen LogP contribution in [0.2, 0.25) is 0 Å². The highest BCUT2D eigenvalue weighted by Gasteiger charge is 2.22. The summed E-state index contributed by atoms with van der Waals surface area (Å²) in [5.74, 6) is -0.826. The fourth-order valence-corrected chi connectivity index (χ4v) is 1.08. The third-order valence-electron chi connectivity index (χ3n) is 1.86. The van der Waals surface area contributed by atoms with E-state index in [0.717, 1.165) is 0 Å². The summed E-state index contributed by atoms with van der Waals surface area (Å²) >= 11 is 0. The number of carboxylic acids is 1. The molecule has 4 heteroatoms. The molecule has 4 nitrogen and oxygen atoms in total. The maximum Gasteiger partial charge on any atom is 0.317 e. The minimum atomic E-state index is -0.826. The van der Waals surface area contributed by atoms with Crippen LogP contribution in [0.25, 0.3) is 0 Å². The summed E-state index contributed by atoms with van der Waals surface area (Å²) in [4.78, 5) is 12.4. The monoisotopic (exact) mass is 189 g/mol. The van der Waals surface area contributed by atoms with Crippen LogP contribution < -0.4 is 0 Å². The molecule has 0 unspecified atom stereocenters. The Bertz CT molecular complexity index is 163. The number of aliphatic hydroxyl groups excluding tert-OH is 1. The highest BCUT2D eigenvalue weighted by Crippen LogP contribution is 2.12. The van der Waals surface area contributed by atoms with E-state index in [2.05, 4.69) is 0 Å². The number of rotatable bonds is 5. The van der Waals surface area contributed by atoms with Gasteiger partial charge in [-0.05, 0) is 27.2 Å². The molecule has 0 spiro atoms. The van der Waals surface area contributed by atoms with E-state index >= 15 is 0 Å². The quantitative estimate of drug-likeness (QED) is 0.663. The third kappa shape index (κ3) is 5.60. The summed E-state index contributed by atoms with van der Waals surface area (Å²) in [5, 5.41) is 17.3. The fraction of sp³-hybridized carbons (Fsp3) is 0.889. The van der Waals surface area contributed by atoms with E-state index in [0.29, 0.717) is 13.0 Å². The molecule has 0 amide bonds. The van der Waals surface area contributed by atoms with E-state index < -0.39 is 5.97 Å². The predicted molar refractivity (Wildman–Crippen MR) is 50.7 cm³/mol. The summed E-state index contributed by atoms with van der Waals surface area (Å²) in [5.41, 5.74) is -0.159. The first-order chi connectivity index (χ1) is 5.88. The standard InChI is InChI=1S/C9H19NO3/c1-9(2,3)10(5-4-6-11)7-8(12)13/h11H,4-7H2,1-3H3,(H,12,13). The van der Waals surface area contributed by atoms with Gasteiger partial charge >= 0.3 is 5.97 Å². The van der Waals surface area contributed by atoms with Crippen LogP contribution >= 0.6 is 0 Å². The molecule has 0 aliphatic heterocycles. The van der Waals surface area contributed by atoms with Gasteiger partial charge in [-0.2, -0.15) is 0 Å². The van der Waals surface area contributed by atoms with Gasteiger partial charge in [0.25, 0.3) is 0 Å². The second-order valence-corrected chi connectivity index (χ2v) is 4.06. The van der Waals surface area contributed by atoms with Crippen molar-refractivity contribution in [2.45, 2.75) is 32.7 Å². The van der Waals surface area contributed by atoms with Gasteiger partial charge in [-0.3, -0.25) is 9.69 Å². The molecule has 0 aromatic rings. The van der Waals surface area contributed by atoms with Crippen LogP contribution in [0.3, 0.4) is 0 Å². The summed E-state index contributed by atoms with van der Waals surface area (Å²) < 4.78 is 0. The number of carboxylic acid groups (broad SMARTS) is 1. The molecule has 0 aromatic heterocycles. The first kappa shape index (κ1) is 12.4. The third-order valence-corrected chi connectivity index (χ3v) is 1.86. The lowest BCUT2D eigenvalue weighted by Crippen LogP contribution is -2.45. The van der Waals surface area contributed by atoms with Crippen molar-refractivity contribution in [1.82, 2.24) is 4.90 Å². The molecule has 0 bridgehead atoms. The molecule has 0 atom stereocenters. The minimum Gasteiger partial charge on any atom is -0.480 e. The Morgan fingerprint density at radius 3 is 2.23 bits per heavy atom. The van der Waals surface area contributed by atoms with Gasteiger partial charge in [-0.25, -0.2) is 0 Å². The Labute approximate surface area is 79.2 Å². The van der Waals surface area contributed by atoms with Gasteiger partial charge in [0.15, 0.2) is 0 Å². The number of hydrogen-bond donors (Lipinski definition) is 2. The molecule has 2 N–H and O–H groups in total. The molecule has 0 fully saturated rings. The van der Waals surface area contributed by atoms with E-state index in [1.165, 1.54) is 0 Å². The van der Waals surface area contributed by atoms with Crippen LogP contribution in [-0.2, 0) is 4.79 Å². The zero-order valence-corrected chi connectivity index (χ0v) is 8.58. The summed E-state index contributed by atoms with van der Waals surface area (Å²) in [7, 11) is 0. The van der Waals surface area contributed by atoms with E-state index in [9.17, 15) is 4.79 Å². The number of aliphatic carboxylic acids is 1. The van der Waals surface area contributed by atoms with E-state index in [-0.39, 0.29) is 18.7 Å². The van der Waals surface area contributed by atoms with Crippen LogP contribution in [0.1, 0.15) is 27.2 Å². The molecular formula is C9H19NO3. The molecule has 0 aliphatic carbocycles. The normalized spacial score (nSPS) is 12.1. The van der Waals surface area contributed by atoms with Crippen LogP contribution in [0.15, 0.2) is 0 Å². The summed E-state index contributed by atoms with van der Waals surface area (Å²) in [6, 6.07) is 0. The van der Waals surface area contributed by atoms with Crippen molar-refractivity contribution in [3.63, 3.8) is 0 Å². The number of carbonyl (C=O) groups is 1. The highest BCUT2D eigenvalue weighted by molar-refractivity contribution is 5.69. The molecule has 78 valence electrons. The molecular weight excluding hydrogens is 170 g/mol. The van der Waals surface area contributed by atoms with Crippen molar-refractivity contribution < 1.29 is 15.0 Å². The van der Waals surface area contributed by atoms with Gasteiger partial charge in [-0.15, -0.1) is 0 Å². The van der Waals surface area contributed by atoms with Gasteiger partial charge < -0.3 is 10.2 Å². The molecule has 0 aliphatic rings. The molecule has 13 heavy (non-hydrogen) atoms. The molecule has 0 heterocycles. The van der Waals surface area contributed by atoms with Gasteiger partial charge in [0.1, 0.15) is 0 Å². The Kier molecular flexibility index (Phi) is 4.95. The number of hydrogen-bond acceptors (Lipinski definition) is 3. The molecule has 0 saturated heterocycles. The lowest BCUT2D eigenvalue weighted by Gasteiger charge is -2.34. The molecule has 0 saturated carbocycles. The van der Waals surface area contributed by atoms with Crippen molar-refractivity contribution in [1.29, 1.82) is 0 Å². The zero-order chi connectivity index (χ0) is 10.5. The molecule has 0 radical (unpaired) electrons. The van der Waals surface area contributed by atoms with Crippen molar-refractivity contribution in [2.24, 2.45) is 0 Å². The first-order valence-electron chi connectivity index (χ1n) is 4.45. The van der Waals surface area contributed by atoms with Crippen LogP contribution in [0.5, 0.6) is 0 Å². The molecule has 0 aromatic carbocycles. The van der Waals surface area contributed by atoms with Crippen molar-refractivity contribution in [3.8, 4) is 0 Å². The second kappa shape index (κ2) is 5.19. The lowest BCUT2D eigenvalue weighted by atomic mass is 10.1. The first-order valence-corrected chi connectivity index (χ1v) is 4.45. The highest BCUT2D eigenvalue weighted by atomic mass is 16.4. The Hall–Kier alpha value is -0.610. The van der Waals surface area contributed by atoms with Crippen LogP contribution in [0.4, 0.5) is 0 Å². The SMILES string of the molecule is CC(C)(C)N(CCCO)CC(=O)O. The Morgan fingerprint density at radius 1 is 1.38 bits per heavy atom. The summed E-state index contributed by atoms with van der Waals surface area (Å²) in [6.07, 6.45) is 0.616. The average molecular weight is 189 g/mol. The maximum atomic E-state index is 10.5.